The molecule has 0 amide bonds. The molecule has 1 radical (unpaired) electrons. The second kappa shape index (κ2) is 3.15. The van der Waals surface area contributed by atoms with Gasteiger partial charge in [-0.05, 0) is 23.8 Å². The lowest BCUT2D eigenvalue weighted by Gasteiger charge is -2.05. The number of halogens is 3. The smallest absolute Gasteiger partial charge is 0.326 e. The van der Waals surface area contributed by atoms with E-state index in [0.29, 0.717) is 5.56 Å². The van der Waals surface area contributed by atoms with Crippen molar-refractivity contribution in [3.63, 3.8) is 0 Å². The molecule has 0 aromatic heterocycles. The highest BCUT2D eigenvalue weighted by Gasteiger charge is 2.30. The Kier molecular flexibility index (Phi) is 2.38. The molecule has 0 aliphatic carbocycles. The number of hydrogen-bond acceptors (Lipinski definition) is 1. The molecule has 1 rings (SSSR count). The Morgan fingerprint density at radius 2 is 2.00 bits per heavy atom. The van der Waals surface area contributed by atoms with Crippen molar-refractivity contribution >= 4 is 0 Å². The van der Waals surface area contributed by atoms with Gasteiger partial charge in [0.2, 0.25) is 0 Å². The summed E-state index contributed by atoms with van der Waals surface area (Å²) < 4.78 is 35.9. The lowest BCUT2D eigenvalue weighted by Crippen LogP contribution is -2.05. The Hall–Kier alpha value is -1.03. The highest BCUT2D eigenvalue weighted by Crippen LogP contribution is 2.28. The Morgan fingerprint density at radius 1 is 1.33 bits per heavy atom. The normalized spacial score (nSPS) is 11.7. The largest absolute Gasteiger partial charge is 0.417 e. The highest BCUT2D eigenvalue weighted by molar-refractivity contribution is 5.22. The molecular formula is C8H7F3N. The van der Waals surface area contributed by atoms with Crippen molar-refractivity contribution in [3.05, 3.63) is 35.4 Å². The van der Waals surface area contributed by atoms with Crippen LogP contribution in [0.3, 0.4) is 0 Å². The minimum Gasteiger partial charge on any atom is -0.326 e. The molecule has 0 heterocycles. The summed E-state index contributed by atoms with van der Waals surface area (Å²) in [6.45, 7) is 0.231. The molecule has 0 fully saturated rings. The summed E-state index contributed by atoms with van der Waals surface area (Å²) in [4.78, 5) is 0. The van der Waals surface area contributed by atoms with Crippen molar-refractivity contribution in [1.29, 1.82) is 0 Å². The average molecular weight is 174 g/mol. The van der Waals surface area contributed by atoms with Gasteiger partial charge in [0.05, 0.1) is 5.56 Å². The zero-order valence-electron chi connectivity index (χ0n) is 6.15. The van der Waals surface area contributed by atoms with Gasteiger partial charge >= 0.3 is 6.18 Å². The molecule has 0 saturated carbocycles. The second-order valence-corrected chi connectivity index (χ2v) is 2.31. The van der Waals surface area contributed by atoms with Gasteiger partial charge in [-0.15, -0.1) is 0 Å². The number of benzene rings is 1. The molecule has 0 aliphatic rings. The van der Waals surface area contributed by atoms with E-state index in [2.05, 4.69) is 6.07 Å². The van der Waals surface area contributed by atoms with E-state index in [1.54, 1.807) is 0 Å². The monoisotopic (exact) mass is 174 g/mol. The lowest BCUT2D eigenvalue weighted by molar-refractivity contribution is -0.137. The number of rotatable bonds is 1. The van der Waals surface area contributed by atoms with Crippen LogP contribution >= 0.6 is 0 Å². The first kappa shape index (κ1) is 9.06. The Labute approximate surface area is 68.0 Å². The van der Waals surface area contributed by atoms with E-state index in [1.165, 1.54) is 12.1 Å². The molecule has 1 nitrogen and oxygen atoms in total. The molecule has 12 heavy (non-hydrogen) atoms. The van der Waals surface area contributed by atoms with Crippen LogP contribution in [-0.4, -0.2) is 0 Å². The minimum atomic E-state index is -4.31. The number of nitrogens with two attached hydrogens (primary N) is 1. The van der Waals surface area contributed by atoms with Crippen molar-refractivity contribution in [2.45, 2.75) is 12.7 Å². The number of hydrogen-bond donors (Lipinski definition) is 1. The van der Waals surface area contributed by atoms with E-state index >= 15 is 0 Å². The summed E-state index contributed by atoms with van der Waals surface area (Å²) in [5.41, 5.74) is 5.09. The zero-order valence-corrected chi connectivity index (χ0v) is 6.15. The van der Waals surface area contributed by atoms with Crippen LogP contribution in [0.4, 0.5) is 13.2 Å². The van der Waals surface area contributed by atoms with Gasteiger partial charge in [0.1, 0.15) is 0 Å². The molecule has 0 spiro atoms. The average Bonchev–Trinajstić information content (AvgIpc) is 2.03. The Balaban J connectivity index is 2.93. The molecule has 65 valence electrons. The van der Waals surface area contributed by atoms with Gasteiger partial charge in [-0.1, -0.05) is 6.07 Å². The van der Waals surface area contributed by atoms with Crippen LogP contribution < -0.4 is 5.73 Å². The van der Waals surface area contributed by atoms with Gasteiger partial charge in [0, 0.05) is 6.54 Å². The zero-order chi connectivity index (χ0) is 9.19. The topological polar surface area (TPSA) is 26.0 Å². The van der Waals surface area contributed by atoms with E-state index in [-0.39, 0.29) is 6.54 Å². The summed E-state index contributed by atoms with van der Waals surface area (Å²) >= 11 is 0. The summed E-state index contributed by atoms with van der Waals surface area (Å²) in [6, 6.07) is 5.70. The predicted octanol–water partition coefficient (Wildman–Crippen LogP) is 1.96. The van der Waals surface area contributed by atoms with Crippen LogP contribution in [0.1, 0.15) is 11.1 Å². The molecule has 0 unspecified atom stereocenters. The molecule has 2 N–H and O–H groups in total. The molecule has 1 aromatic rings. The maximum absolute atomic E-state index is 12.0. The summed E-state index contributed by atoms with van der Waals surface area (Å²) in [5, 5.41) is 0. The molecular weight excluding hydrogens is 167 g/mol. The third-order valence-corrected chi connectivity index (χ3v) is 1.42. The Morgan fingerprint density at radius 3 is 2.33 bits per heavy atom. The van der Waals surface area contributed by atoms with Gasteiger partial charge in [-0.3, -0.25) is 0 Å². The van der Waals surface area contributed by atoms with E-state index < -0.39 is 11.7 Å². The molecule has 0 bridgehead atoms. The fourth-order valence-corrected chi connectivity index (χ4v) is 0.760. The van der Waals surface area contributed by atoms with Crippen LogP contribution in [0.15, 0.2) is 18.2 Å². The van der Waals surface area contributed by atoms with Gasteiger partial charge in [-0.2, -0.15) is 13.2 Å². The summed E-state index contributed by atoms with van der Waals surface area (Å²) in [6.07, 6.45) is -4.31. The highest BCUT2D eigenvalue weighted by atomic mass is 19.4. The fraction of sp³-hybridized carbons (Fsp3) is 0.250. The molecule has 1 aromatic carbocycles. The fourth-order valence-electron chi connectivity index (χ4n) is 0.760. The maximum atomic E-state index is 12.0. The van der Waals surface area contributed by atoms with E-state index in [4.69, 9.17) is 5.73 Å². The minimum absolute atomic E-state index is 0.231. The van der Waals surface area contributed by atoms with Crippen molar-refractivity contribution in [1.82, 2.24) is 0 Å². The summed E-state index contributed by atoms with van der Waals surface area (Å²) in [5.74, 6) is 0. The van der Waals surface area contributed by atoms with Crippen LogP contribution in [0.25, 0.3) is 0 Å². The summed E-state index contributed by atoms with van der Waals surface area (Å²) in [7, 11) is 0. The van der Waals surface area contributed by atoms with Gasteiger partial charge in [-0.25, -0.2) is 0 Å². The third-order valence-electron chi connectivity index (χ3n) is 1.42. The molecule has 4 heteroatoms. The van der Waals surface area contributed by atoms with Crippen LogP contribution in [0, 0.1) is 6.07 Å². The van der Waals surface area contributed by atoms with E-state index in [9.17, 15) is 13.2 Å². The number of alkyl halides is 3. The van der Waals surface area contributed by atoms with Gasteiger partial charge in [0.15, 0.2) is 0 Å². The van der Waals surface area contributed by atoms with Gasteiger partial charge in [0.25, 0.3) is 0 Å². The Bertz CT molecular complexity index is 250. The van der Waals surface area contributed by atoms with Crippen molar-refractivity contribution < 1.29 is 13.2 Å². The quantitative estimate of drug-likeness (QED) is 0.692. The first-order chi connectivity index (χ1) is 5.54. The van der Waals surface area contributed by atoms with E-state index in [1.807, 2.05) is 0 Å². The lowest BCUT2D eigenvalue weighted by atomic mass is 10.1. The van der Waals surface area contributed by atoms with Crippen molar-refractivity contribution in [3.8, 4) is 0 Å². The molecule has 0 saturated heterocycles. The van der Waals surface area contributed by atoms with Crippen LogP contribution in [0.2, 0.25) is 0 Å². The molecule has 0 aliphatic heterocycles. The van der Waals surface area contributed by atoms with Crippen LogP contribution in [-0.2, 0) is 12.7 Å². The maximum Gasteiger partial charge on any atom is 0.417 e. The second-order valence-electron chi connectivity index (χ2n) is 2.31. The third kappa shape index (κ3) is 1.98. The first-order valence-corrected chi connectivity index (χ1v) is 3.32. The van der Waals surface area contributed by atoms with Crippen molar-refractivity contribution in [2.24, 2.45) is 5.73 Å². The molecule has 0 atom stereocenters. The van der Waals surface area contributed by atoms with Gasteiger partial charge < -0.3 is 5.73 Å². The SMILES string of the molecule is NCc1c[c]c(C(F)(F)F)cc1. The first-order valence-electron chi connectivity index (χ1n) is 3.32. The van der Waals surface area contributed by atoms with Crippen LogP contribution in [0.5, 0.6) is 0 Å². The van der Waals surface area contributed by atoms with Crippen molar-refractivity contribution in [2.75, 3.05) is 0 Å². The predicted molar refractivity (Wildman–Crippen MR) is 38.2 cm³/mol. The van der Waals surface area contributed by atoms with E-state index in [0.717, 1.165) is 6.07 Å². The standard InChI is InChI=1S/C8H7F3N/c9-8(10,11)7-3-1-6(5-12)2-4-7/h1-3H,5,12H2.